The number of hydrogen-bond donors (Lipinski definition) is 2. The highest BCUT2D eigenvalue weighted by atomic mass is 16.5. The number of nitrogens with one attached hydrogen (secondary N) is 1. The van der Waals surface area contributed by atoms with Gasteiger partial charge in [0.15, 0.2) is 0 Å². The molecule has 2 aromatic rings. The van der Waals surface area contributed by atoms with E-state index >= 15 is 0 Å². The molecule has 0 bridgehead atoms. The summed E-state index contributed by atoms with van der Waals surface area (Å²) < 4.78 is 5.81. The predicted octanol–water partition coefficient (Wildman–Crippen LogP) is 3.04. The molecule has 0 saturated heterocycles. The van der Waals surface area contributed by atoms with E-state index in [0.29, 0.717) is 6.54 Å². The Bertz CT molecular complexity index is 523. The Kier molecular flexibility index (Phi) is 4.55. The number of aryl methyl sites for hydroxylation is 1. The third kappa shape index (κ3) is 3.56. The molecule has 1 unspecified atom stereocenters. The smallest absolute Gasteiger partial charge is 0.130 e. The molecule has 3 nitrogen and oxygen atoms in total. The third-order valence-corrected chi connectivity index (χ3v) is 2.98. The maximum Gasteiger partial charge on any atom is 0.130 e. The fraction of sp³-hybridized carbons (Fsp3) is 0.250. The van der Waals surface area contributed by atoms with E-state index in [2.05, 4.69) is 5.32 Å². The first kappa shape index (κ1) is 13.6. The summed E-state index contributed by atoms with van der Waals surface area (Å²) in [5.74, 6) is 1.63. The monoisotopic (exact) mass is 257 g/mol. The van der Waals surface area contributed by atoms with Gasteiger partial charge in [0.2, 0.25) is 0 Å². The summed E-state index contributed by atoms with van der Waals surface area (Å²) in [6.45, 7) is 2.55. The van der Waals surface area contributed by atoms with E-state index in [0.717, 1.165) is 22.6 Å². The summed E-state index contributed by atoms with van der Waals surface area (Å²) in [4.78, 5) is 0. The van der Waals surface area contributed by atoms with Crippen LogP contribution in [0.3, 0.4) is 0 Å². The number of benzene rings is 2. The molecule has 0 aromatic heterocycles. The van der Waals surface area contributed by atoms with Gasteiger partial charge in [0, 0.05) is 6.54 Å². The molecule has 3 heteroatoms. The lowest BCUT2D eigenvalue weighted by atomic mass is 10.1. The number of rotatable bonds is 5. The van der Waals surface area contributed by atoms with Crippen molar-refractivity contribution in [3.05, 3.63) is 59.7 Å². The van der Waals surface area contributed by atoms with Crippen molar-refractivity contribution in [3.63, 3.8) is 0 Å². The summed E-state index contributed by atoms with van der Waals surface area (Å²) >= 11 is 0. The van der Waals surface area contributed by atoms with E-state index in [1.54, 1.807) is 0 Å². The maximum absolute atomic E-state index is 9.84. The molecule has 0 amide bonds. The van der Waals surface area contributed by atoms with Gasteiger partial charge in [-0.15, -0.1) is 0 Å². The van der Waals surface area contributed by atoms with Gasteiger partial charge in [-0.25, -0.2) is 0 Å². The lowest BCUT2D eigenvalue weighted by molar-refractivity contribution is 0.177. The van der Waals surface area contributed by atoms with Crippen molar-refractivity contribution in [2.45, 2.75) is 13.0 Å². The van der Waals surface area contributed by atoms with Crippen molar-refractivity contribution in [1.82, 2.24) is 5.32 Å². The Morgan fingerprint density at radius 1 is 1.11 bits per heavy atom. The van der Waals surface area contributed by atoms with E-state index in [1.165, 1.54) is 0 Å². The largest absolute Gasteiger partial charge is 0.457 e. The fourth-order valence-electron chi connectivity index (χ4n) is 1.87. The molecule has 0 heterocycles. The molecule has 0 spiro atoms. The molecule has 0 aliphatic heterocycles. The Balaban J connectivity index is 2.09. The quantitative estimate of drug-likeness (QED) is 0.865. The number of likely N-dealkylation sites (N-methyl/N-ethyl adjacent to an activating group) is 1. The molecule has 100 valence electrons. The summed E-state index contributed by atoms with van der Waals surface area (Å²) in [5, 5.41) is 12.8. The van der Waals surface area contributed by atoms with Crippen molar-refractivity contribution in [2.24, 2.45) is 0 Å². The van der Waals surface area contributed by atoms with Crippen molar-refractivity contribution in [3.8, 4) is 11.5 Å². The van der Waals surface area contributed by atoms with Gasteiger partial charge in [-0.3, -0.25) is 0 Å². The lowest BCUT2D eigenvalue weighted by Crippen LogP contribution is -2.16. The SMILES string of the molecule is CNCC(O)c1ccc(Oc2ccccc2C)cc1. The second-order valence-corrected chi connectivity index (χ2v) is 4.51. The topological polar surface area (TPSA) is 41.5 Å². The van der Waals surface area contributed by atoms with Crippen LogP contribution in [0.2, 0.25) is 0 Å². The molecule has 0 aliphatic carbocycles. The van der Waals surface area contributed by atoms with Crippen LogP contribution in [0.4, 0.5) is 0 Å². The standard InChI is InChI=1S/C16H19NO2/c1-12-5-3-4-6-16(12)19-14-9-7-13(8-10-14)15(18)11-17-2/h3-10,15,17-18H,11H2,1-2H3. The fourth-order valence-corrected chi connectivity index (χ4v) is 1.87. The summed E-state index contributed by atoms with van der Waals surface area (Å²) in [6, 6.07) is 15.4. The van der Waals surface area contributed by atoms with Gasteiger partial charge in [-0.2, -0.15) is 0 Å². The van der Waals surface area contributed by atoms with Crippen molar-refractivity contribution in [2.75, 3.05) is 13.6 Å². The molecule has 1 atom stereocenters. The molecular formula is C16H19NO2. The first-order valence-corrected chi connectivity index (χ1v) is 6.37. The van der Waals surface area contributed by atoms with Crippen LogP contribution < -0.4 is 10.1 Å². The highest BCUT2D eigenvalue weighted by Crippen LogP contribution is 2.25. The molecule has 0 fully saturated rings. The minimum atomic E-state index is -0.488. The Morgan fingerprint density at radius 3 is 2.42 bits per heavy atom. The third-order valence-electron chi connectivity index (χ3n) is 2.98. The molecule has 19 heavy (non-hydrogen) atoms. The van der Waals surface area contributed by atoms with E-state index in [1.807, 2.05) is 62.5 Å². The van der Waals surface area contributed by atoms with Gasteiger partial charge in [0.25, 0.3) is 0 Å². The van der Waals surface area contributed by atoms with Crippen LogP contribution in [-0.2, 0) is 0 Å². The number of ether oxygens (including phenoxy) is 1. The Labute approximate surface area is 113 Å². The zero-order valence-electron chi connectivity index (χ0n) is 11.3. The Morgan fingerprint density at radius 2 is 1.79 bits per heavy atom. The average molecular weight is 257 g/mol. The van der Waals surface area contributed by atoms with E-state index in [-0.39, 0.29) is 0 Å². The van der Waals surface area contributed by atoms with Crippen LogP contribution in [0.1, 0.15) is 17.2 Å². The zero-order valence-corrected chi connectivity index (χ0v) is 11.3. The number of hydrogen-bond acceptors (Lipinski definition) is 3. The van der Waals surface area contributed by atoms with Gasteiger partial charge >= 0.3 is 0 Å². The van der Waals surface area contributed by atoms with Gasteiger partial charge in [-0.1, -0.05) is 30.3 Å². The summed E-state index contributed by atoms with van der Waals surface area (Å²) in [5.41, 5.74) is 1.98. The van der Waals surface area contributed by atoms with Crippen LogP contribution in [0.25, 0.3) is 0 Å². The van der Waals surface area contributed by atoms with E-state index in [9.17, 15) is 5.11 Å². The highest BCUT2D eigenvalue weighted by Gasteiger charge is 2.06. The van der Waals surface area contributed by atoms with Crippen molar-refractivity contribution < 1.29 is 9.84 Å². The first-order valence-electron chi connectivity index (χ1n) is 6.37. The van der Waals surface area contributed by atoms with E-state index < -0.39 is 6.10 Å². The molecule has 2 N–H and O–H groups in total. The molecular weight excluding hydrogens is 238 g/mol. The van der Waals surface area contributed by atoms with Crippen LogP contribution >= 0.6 is 0 Å². The van der Waals surface area contributed by atoms with Crippen LogP contribution in [0, 0.1) is 6.92 Å². The van der Waals surface area contributed by atoms with Crippen LogP contribution in [0.15, 0.2) is 48.5 Å². The summed E-state index contributed by atoms with van der Waals surface area (Å²) in [6.07, 6.45) is -0.488. The lowest BCUT2D eigenvalue weighted by Gasteiger charge is -2.12. The maximum atomic E-state index is 9.84. The first-order chi connectivity index (χ1) is 9.20. The summed E-state index contributed by atoms with van der Waals surface area (Å²) in [7, 11) is 1.82. The second-order valence-electron chi connectivity index (χ2n) is 4.51. The molecule has 0 radical (unpaired) electrons. The van der Waals surface area contributed by atoms with Gasteiger partial charge < -0.3 is 15.2 Å². The zero-order chi connectivity index (χ0) is 13.7. The van der Waals surface area contributed by atoms with E-state index in [4.69, 9.17) is 4.74 Å². The van der Waals surface area contributed by atoms with Crippen LogP contribution in [-0.4, -0.2) is 18.7 Å². The molecule has 0 aliphatic rings. The number of para-hydroxylation sites is 1. The molecule has 2 rings (SSSR count). The van der Waals surface area contributed by atoms with Gasteiger partial charge in [0.05, 0.1) is 6.10 Å². The highest BCUT2D eigenvalue weighted by molar-refractivity contribution is 5.38. The number of aliphatic hydroxyl groups is 1. The van der Waals surface area contributed by atoms with Crippen LogP contribution in [0.5, 0.6) is 11.5 Å². The minimum Gasteiger partial charge on any atom is -0.457 e. The minimum absolute atomic E-state index is 0.488. The van der Waals surface area contributed by atoms with Gasteiger partial charge in [-0.05, 0) is 43.3 Å². The second kappa shape index (κ2) is 6.36. The normalized spacial score (nSPS) is 12.2. The van der Waals surface area contributed by atoms with Crippen molar-refractivity contribution in [1.29, 1.82) is 0 Å². The number of aliphatic hydroxyl groups excluding tert-OH is 1. The van der Waals surface area contributed by atoms with Gasteiger partial charge in [0.1, 0.15) is 11.5 Å². The molecule has 2 aromatic carbocycles. The Hall–Kier alpha value is -1.84. The average Bonchev–Trinajstić information content (AvgIpc) is 2.42. The van der Waals surface area contributed by atoms with Crippen molar-refractivity contribution >= 4 is 0 Å². The predicted molar refractivity (Wildman–Crippen MR) is 76.6 cm³/mol. The molecule has 0 saturated carbocycles.